The van der Waals surface area contributed by atoms with E-state index in [9.17, 15) is 13.0 Å². The van der Waals surface area contributed by atoms with E-state index in [1.807, 2.05) is 36.7 Å². The van der Waals surface area contributed by atoms with Crippen LogP contribution in [0.25, 0.3) is 17.1 Å². The Balaban J connectivity index is 1.25. The lowest BCUT2D eigenvalue weighted by molar-refractivity contribution is -0.0449. The van der Waals surface area contributed by atoms with E-state index in [2.05, 4.69) is 25.0 Å². The van der Waals surface area contributed by atoms with Crippen molar-refractivity contribution in [2.75, 3.05) is 29.0 Å². The third-order valence-corrected chi connectivity index (χ3v) is 8.55. The zero-order chi connectivity index (χ0) is 24.9. The molecule has 11 heteroatoms. The predicted octanol–water partition coefficient (Wildman–Crippen LogP) is 4.97. The molecule has 8 nitrogen and oxygen atoms in total. The number of rotatable bonds is 6. The number of piperidine rings is 1. The molecule has 2 saturated carbocycles. The summed E-state index contributed by atoms with van der Waals surface area (Å²) in [6, 6.07) is 7.77. The van der Waals surface area contributed by atoms with Crippen molar-refractivity contribution in [1.29, 1.82) is 0 Å². The number of nitrogens with zero attached hydrogens (tertiary/aromatic N) is 6. The molecule has 36 heavy (non-hydrogen) atoms. The van der Waals surface area contributed by atoms with E-state index in [4.69, 9.17) is 0 Å². The fourth-order valence-corrected chi connectivity index (χ4v) is 6.02. The second-order valence-electron chi connectivity index (χ2n) is 10.6. The Hall–Kier alpha value is -2.82. The Morgan fingerprint density at radius 1 is 1.00 bits per heavy atom. The first-order chi connectivity index (χ1) is 17.3. The van der Waals surface area contributed by atoms with Gasteiger partial charge in [-0.15, -0.1) is 5.10 Å². The van der Waals surface area contributed by atoms with E-state index < -0.39 is 16.9 Å². The van der Waals surface area contributed by atoms with Crippen LogP contribution in [0.3, 0.4) is 0 Å². The van der Waals surface area contributed by atoms with Crippen LogP contribution in [-0.2, 0) is 11.0 Å². The lowest BCUT2D eigenvalue weighted by Gasteiger charge is -2.35. The molecule has 3 aromatic rings. The molecule has 1 N–H and O–H groups in total. The molecule has 3 aliphatic rings. The number of hydrogen-bond acceptors (Lipinski definition) is 5. The Labute approximate surface area is 211 Å². The van der Waals surface area contributed by atoms with Crippen LogP contribution in [0.2, 0.25) is 0 Å². The minimum absolute atomic E-state index is 0.0157. The van der Waals surface area contributed by atoms with Crippen LogP contribution in [0.1, 0.15) is 57.4 Å². The molecule has 1 atom stereocenters. The number of alkyl halides is 2. The summed E-state index contributed by atoms with van der Waals surface area (Å²) in [7, 11) is -1.16. The molecule has 6 rings (SSSR count). The van der Waals surface area contributed by atoms with Gasteiger partial charge in [-0.05, 0) is 68.2 Å². The van der Waals surface area contributed by atoms with Gasteiger partial charge in [-0.3, -0.25) is 4.68 Å². The van der Waals surface area contributed by atoms with Crippen LogP contribution in [0.5, 0.6) is 0 Å². The SMILES string of the molecule is CS(=O)Nc1ccc(-n2cc(-c3ccn(C4CCC(F)(F)CC4)n3)nn2)c(N2CCC3(CC2)CC3)c1. The lowest BCUT2D eigenvalue weighted by Crippen LogP contribution is -2.35. The number of halogens is 2. The third kappa shape index (κ3) is 4.77. The maximum absolute atomic E-state index is 13.5. The molecule has 1 aliphatic heterocycles. The molecule has 1 unspecified atom stereocenters. The van der Waals surface area contributed by atoms with E-state index in [1.165, 1.54) is 25.7 Å². The summed E-state index contributed by atoms with van der Waals surface area (Å²) >= 11 is 0. The Morgan fingerprint density at radius 3 is 2.44 bits per heavy atom. The first-order valence-electron chi connectivity index (χ1n) is 12.6. The highest BCUT2D eigenvalue weighted by Gasteiger charge is 2.44. The second kappa shape index (κ2) is 8.93. The molecule has 1 aromatic carbocycles. The van der Waals surface area contributed by atoms with Gasteiger partial charge >= 0.3 is 0 Å². The van der Waals surface area contributed by atoms with E-state index in [1.54, 1.807) is 15.6 Å². The molecule has 2 aliphatic carbocycles. The molecule has 0 radical (unpaired) electrons. The van der Waals surface area contributed by atoms with Gasteiger partial charge in [0.05, 0.1) is 23.6 Å². The molecule has 1 spiro atoms. The standard InChI is InChI=1S/C25H31F2N7OS/c1-36(35)30-18-2-3-22(23(16-18)32-14-11-24(9-10-24)12-15-32)34-17-21(28-31-34)20-6-13-33(29-20)19-4-7-25(26,27)8-5-19/h2-3,6,13,16-17,19,30H,4-5,7-12,14-15H2,1H3. The normalized spacial score (nSPS) is 22.0. The van der Waals surface area contributed by atoms with Crippen molar-refractivity contribution in [1.82, 2.24) is 24.8 Å². The molecular formula is C25H31F2N7OS. The Kier molecular flexibility index (Phi) is 5.85. The highest BCUT2D eigenvalue weighted by atomic mass is 32.2. The zero-order valence-electron chi connectivity index (χ0n) is 20.4. The smallest absolute Gasteiger partial charge is 0.248 e. The fourth-order valence-electron chi connectivity index (χ4n) is 5.57. The summed E-state index contributed by atoms with van der Waals surface area (Å²) in [6.45, 7) is 1.97. The monoisotopic (exact) mass is 515 g/mol. The first kappa shape index (κ1) is 23.6. The quantitative estimate of drug-likeness (QED) is 0.502. The summed E-state index contributed by atoms with van der Waals surface area (Å²) in [5.74, 6) is -2.56. The average Bonchev–Trinajstić information content (AvgIpc) is 3.24. The molecular weight excluding hydrogens is 484 g/mol. The van der Waals surface area contributed by atoms with Gasteiger partial charge in [0.25, 0.3) is 0 Å². The minimum Gasteiger partial charge on any atom is -0.370 e. The number of anilines is 2. The van der Waals surface area contributed by atoms with Crippen molar-refractivity contribution < 1.29 is 13.0 Å². The summed E-state index contributed by atoms with van der Waals surface area (Å²) in [5.41, 5.74) is 4.61. The minimum atomic E-state index is -2.56. The molecule has 3 heterocycles. The molecule has 192 valence electrons. The predicted molar refractivity (Wildman–Crippen MR) is 136 cm³/mol. The molecule has 1 saturated heterocycles. The van der Waals surface area contributed by atoms with Gasteiger partial charge < -0.3 is 9.62 Å². The molecule has 0 amide bonds. The fraction of sp³-hybridized carbons (Fsp3) is 0.560. The number of aromatic nitrogens is 5. The lowest BCUT2D eigenvalue weighted by atomic mass is 9.92. The van der Waals surface area contributed by atoms with E-state index in [0.29, 0.717) is 29.6 Å². The second-order valence-corrected chi connectivity index (χ2v) is 11.7. The number of hydrogen-bond donors (Lipinski definition) is 1. The van der Waals surface area contributed by atoms with Crippen LogP contribution in [-0.4, -0.2) is 54.3 Å². The van der Waals surface area contributed by atoms with Crippen LogP contribution in [0.4, 0.5) is 20.2 Å². The Morgan fingerprint density at radius 2 is 1.75 bits per heavy atom. The summed E-state index contributed by atoms with van der Waals surface area (Å²) in [6.07, 6.45) is 11.0. The zero-order valence-corrected chi connectivity index (χ0v) is 21.2. The van der Waals surface area contributed by atoms with Gasteiger partial charge in [-0.2, -0.15) is 5.10 Å². The maximum atomic E-state index is 13.5. The van der Waals surface area contributed by atoms with Crippen LogP contribution in [0.15, 0.2) is 36.7 Å². The topological polar surface area (TPSA) is 80.9 Å². The van der Waals surface area contributed by atoms with E-state index in [-0.39, 0.29) is 18.9 Å². The van der Waals surface area contributed by atoms with Gasteiger partial charge in [-0.25, -0.2) is 17.7 Å². The van der Waals surface area contributed by atoms with Crippen molar-refractivity contribution in [3.63, 3.8) is 0 Å². The van der Waals surface area contributed by atoms with Crippen molar-refractivity contribution in [3.05, 3.63) is 36.7 Å². The molecule has 2 aromatic heterocycles. The van der Waals surface area contributed by atoms with Crippen molar-refractivity contribution in [3.8, 4) is 17.1 Å². The van der Waals surface area contributed by atoms with Crippen molar-refractivity contribution >= 4 is 22.4 Å². The first-order valence-corrected chi connectivity index (χ1v) is 14.2. The third-order valence-electron chi connectivity index (χ3n) is 8.03. The van der Waals surface area contributed by atoms with Gasteiger partial charge in [-0.1, -0.05) is 5.21 Å². The van der Waals surface area contributed by atoms with Crippen LogP contribution < -0.4 is 9.62 Å². The number of benzene rings is 1. The van der Waals surface area contributed by atoms with E-state index >= 15 is 0 Å². The Bertz CT molecular complexity index is 1260. The molecule has 0 bridgehead atoms. The van der Waals surface area contributed by atoms with Gasteiger partial charge in [0.15, 0.2) is 0 Å². The highest BCUT2D eigenvalue weighted by Crippen LogP contribution is 2.54. The van der Waals surface area contributed by atoms with Gasteiger partial charge in [0, 0.05) is 44.1 Å². The highest BCUT2D eigenvalue weighted by molar-refractivity contribution is 7.85. The van der Waals surface area contributed by atoms with E-state index in [0.717, 1.165) is 30.2 Å². The van der Waals surface area contributed by atoms with Crippen molar-refractivity contribution in [2.24, 2.45) is 5.41 Å². The van der Waals surface area contributed by atoms with Gasteiger partial charge in [0.1, 0.15) is 22.4 Å². The summed E-state index contributed by atoms with van der Waals surface area (Å²) < 4.78 is 45.4. The summed E-state index contributed by atoms with van der Waals surface area (Å²) in [4.78, 5) is 2.39. The van der Waals surface area contributed by atoms with Crippen molar-refractivity contribution in [2.45, 2.75) is 63.3 Å². The maximum Gasteiger partial charge on any atom is 0.248 e. The van der Waals surface area contributed by atoms with Gasteiger partial charge in [0.2, 0.25) is 5.92 Å². The number of nitrogens with one attached hydrogen (secondary N) is 1. The largest absolute Gasteiger partial charge is 0.370 e. The van der Waals surface area contributed by atoms with Crippen LogP contribution >= 0.6 is 0 Å². The average molecular weight is 516 g/mol. The molecule has 3 fully saturated rings. The summed E-state index contributed by atoms with van der Waals surface area (Å²) in [5, 5.41) is 13.4. The van der Waals surface area contributed by atoms with Crippen LogP contribution in [0, 0.1) is 5.41 Å².